The molecular weight excluding hydrogens is 344 g/mol. The average Bonchev–Trinajstić information content (AvgIpc) is 2.87. The molecule has 3 amide bonds. The van der Waals surface area contributed by atoms with Crippen molar-refractivity contribution in [3.05, 3.63) is 0 Å². The molecule has 0 aliphatic carbocycles. The van der Waals surface area contributed by atoms with Gasteiger partial charge in [-0.3, -0.25) is 9.69 Å². The number of carbonyl (C=O) groups excluding carboxylic acids is 2. The number of hydrogen-bond acceptors (Lipinski definition) is 4. The van der Waals surface area contributed by atoms with Crippen LogP contribution in [-0.4, -0.2) is 66.3 Å². The minimum Gasteiger partial charge on any atom is -0.396 e. The summed E-state index contributed by atoms with van der Waals surface area (Å²) >= 11 is 0. The minimum atomic E-state index is -0.150. The van der Waals surface area contributed by atoms with E-state index >= 15 is 0 Å². The van der Waals surface area contributed by atoms with Crippen molar-refractivity contribution in [1.29, 1.82) is 0 Å². The average molecular weight is 385 g/mol. The van der Waals surface area contributed by atoms with Gasteiger partial charge in [-0.25, -0.2) is 4.79 Å². The molecule has 0 aromatic heterocycles. The number of aliphatic hydroxyl groups excluding tert-OH is 1. The number of amides is 3. The van der Waals surface area contributed by atoms with Gasteiger partial charge in [-0.05, 0) is 43.4 Å². The molecule has 0 atom stereocenters. The number of unbranched alkanes of at least 4 members (excludes halogenated alkanes) is 2. The molecule has 158 valence electrons. The van der Waals surface area contributed by atoms with E-state index in [4.69, 9.17) is 4.74 Å². The van der Waals surface area contributed by atoms with E-state index in [1.54, 1.807) is 4.90 Å². The van der Waals surface area contributed by atoms with Crippen LogP contribution in [0.25, 0.3) is 0 Å². The molecule has 0 unspecified atom stereocenters. The first-order chi connectivity index (χ1) is 12.6. The maximum Gasteiger partial charge on any atom is 0.327 e. The van der Waals surface area contributed by atoms with Gasteiger partial charge in [0.05, 0.1) is 0 Å². The minimum absolute atomic E-state index is 0.0118. The fourth-order valence-electron chi connectivity index (χ4n) is 3.30. The zero-order chi connectivity index (χ0) is 20.5. The number of carbonyl (C=O) groups is 2. The van der Waals surface area contributed by atoms with E-state index in [1.165, 1.54) is 4.90 Å². The van der Waals surface area contributed by atoms with Gasteiger partial charge in [-0.1, -0.05) is 40.5 Å². The largest absolute Gasteiger partial charge is 0.396 e. The summed E-state index contributed by atoms with van der Waals surface area (Å²) in [6.07, 6.45) is 6.11. The molecule has 0 aromatic rings. The molecule has 0 spiro atoms. The van der Waals surface area contributed by atoms with Crippen LogP contribution in [0.2, 0.25) is 0 Å². The number of aliphatic hydroxyl groups is 1. The lowest BCUT2D eigenvalue weighted by molar-refractivity contribution is -0.126. The summed E-state index contributed by atoms with van der Waals surface area (Å²) in [5.74, 6) is -0.0809. The van der Waals surface area contributed by atoms with Gasteiger partial charge in [-0.2, -0.15) is 0 Å². The van der Waals surface area contributed by atoms with E-state index in [2.05, 4.69) is 27.7 Å². The van der Waals surface area contributed by atoms with E-state index in [-0.39, 0.29) is 35.9 Å². The second-order valence-electron chi connectivity index (χ2n) is 9.29. The van der Waals surface area contributed by atoms with Gasteiger partial charge in [0.2, 0.25) is 5.91 Å². The highest BCUT2D eigenvalue weighted by molar-refractivity contribution is 6.02. The van der Waals surface area contributed by atoms with Crippen LogP contribution >= 0.6 is 0 Å². The van der Waals surface area contributed by atoms with Crippen molar-refractivity contribution >= 4 is 11.9 Å². The second kappa shape index (κ2) is 11.0. The molecule has 1 fully saturated rings. The quantitative estimate of drug-likeness (QED) is 0.366. The lowest BCUT2D eigenvalue weighted by Gasteiger charge is -2.29. The highest BCUT2D eigenvalue weighted by Gasteiger charge is 2.37. The van der Waals surface area contributed by atoms with Crippen molar-refractivity contribution in [2.75, 3.05) is 39.5 Å². The zero-order valence-corrected chi connectivity index (χ0v) is 18.1. The first-order valence-electron chi connectivity index (χ1n) is 10.4. The fraction of sp³-hybridized carbons (Fsp3) is 0.905. The van der Waals surface area contributed by atoms with E-state index < -0.39 is 0 Å². The number of likely N-dealkylation sites (N-methyl/N-ethyl adjacent to an activating group) is 1. The van der Waals surface area contributed by atoms with Crippen molar-refractivity contribution in [1.82, 2.24) is 9.80 Å². The first-order valence-corrected chi connectivity index (χ1v) is 10.4. The van der Waals surface area contributed by atoms with Crippen molar-refractivity contribution in [2.45, 2.75) is 73.1 Å². The van der Waals surface area contributed by atoms with Crippen LogP contribution in [0.5, 0.6) is 0 Å². The first kappa shape index (κ1) is 23.9. The van der Waals surface area contributed by atoms with Crippen LogP contribution in [0.1, 0.15) is 73.1 Å². The van der Waals surface area contributed by atoms with Gasteiger partial charge in [0.25, 0.3) is 0 Å². The second-order valence-corrected chi connectivity index (χ2v) is 9.29. The van der Waals surface area contributed by atoms with Crippen molar-refractivity contribution in [3.8, 4) is 0 Å². The predicted octanol–water partition coefficient (Wildman–Crippen LogP) is 3.67. The Morgan fingerprint density at radius 2 is 1.52 bits per heavy atom. The highest BCUT2D eigenvalue weighted by Crippen LogP contribution is 2.27. The number of urea groups is 1. The SMILES string of the molecule is CCN1CC(=O)N(CC(C)(C)CCCCOCCCCC(C)(C)CO)C1=O. The summed E-state index contributed by atoms with van der Waals surface area (Å²) < 4.78 is 5.71. The number of ether oxygens (including phenoxy) is 1. The van der Waals surface area contributed by atoms with Crippen LogP contribution in [0.15, 0.2) is 0 Å². The maximum absolute atomic E-state index is 12.2. The van der Waals surface area contributed by atoms with Gasteiger partial charge >= 0.3 is 6.03 Å². The number of nitrogens with zero attached hydrogens (tertiary/aromatic N) is 2. The molecule has 1 saturated heterocycles. The smallest absolute Gasteiger partial charge is 0.327 e. The maximum atomic E-state index is 12.2. The van der Waals surface area contributed by atoms with E-state index in [9.17, 15) is 14.7 Å². The van der Waals surface area contributed by atoms with Crippen molar-refractivity contribution in [3.63, 3.8) is 0 Å². The van der Waals surface area contributed by atoms with Gasteiger partial charge in [0.1, 0.15) is 6.54 Å². The van der Waals surface area contributed by atoms with Crippen LogP contribution in [0, 0.1) is 10.8 Å². The van der Waals surface area contributed by atoms with Crippen LogP contribution in [-0.2, 0) is 9.53 Å². The summed E-state index contributed by atoms with van der Waals surface area (Å²) in [5.41, 5.74) is -0.0667. The normalized spacial score (nSPS) is 15.9. The molecule has 1 heterocycles. The van der Waals surface area contributed by atoms with Crippen molar-refractivity contribution < 1.29 is 19.4 Å². The molecule has 1 rings (SSSR count). The molecule has 0 aromatic carbocycles. The number of hydrogen-bond donors (Lipinski definition) is 1. The molecule has 6 heteroatoms. The monoisotopic (exact) mass is 384 g/mol. The lowest BCUT2D eigenvalue weighted by atomic mass is 9.86. The van der Waals surface area contributed by atoms with E-state index in [1.807, 2.05) is 6.92 Å². The topological polar surface area (TPSA) is 70.1 Å². The number of imide groups is 1. The molecule has 0 saturated carbocycles. The van der Waals surface area contributed by atoms with Gasteiger partial charge in [0, 0.05) is 32.9 Å². The third-order valence-corrected chi connectivity index (χ3v) is 5.31. The Kier molecular flexibility index (Phi) is 9.74. The standard InChI is InChI=1S/C21H40N2O4/c1-6-22-15-18(25)23(19(22)26)16-20(2,3)11-7-9-13-27-14-10-8-12-21(4,5)17-24/h24H,6-17H2,1-5H3. The molecule has 0 radical (unpaired) electrons. The Bertz CT molecular complexity index is 477. The Balaban J connectivity index is 2.13. The Hall–Kier alpha value is -1.14. The molecule has 0 bridgehead atoms. The summed E-state index contributed by atoms with van der Waals surface area (Å²) in [6.45, 7) is 13.3. The van der Waals surface area contributed by atoms with Crippen LogP contribution in [0.4, 0.5) is 4.79 Å². The Morgan fingerprint density at radius 1 is 0.963 bits per heavy atom. The van der Waals surface area contributed by atoms with Gasteiger partial charge in [-0.15, -0.1) is 0 Å². The highest BCUT2D eigenvalue weighted by atomic mass is 16.5. The Morgan fingerprint density at radius 3 is 2.00 bits per heavy atom. The third kappa shape index (κ3) is 8.60. The van der Waals surface area contributed by atoms with Gasteiger partial charge < -0.3 is 14.7 Å². The molecular formula is C21H40N2O4. The van der Waals surface area contributed by atoms with Crippen LogP contribution < -0.4 is 0 Å². The third-order valence-electron chi connectivity index (χ3n) is 5.31. The summed E-state index contributed by atoms with van der Waals surface area (Å²) in [4.78, 5) is 27.3. The summed E-state index contributed by atoms with van der Waals surface area (Å²) in [7, 11) is 0. The Labute approximate surface area is 165 Å². The van der Waals surface area contributed by atoms with Gasteiger partial charge in [0.15, 0.2) is 0 Å². The summed E-state index contributed by atoms with van der Waals surface area (Å²) in [5, 5.41) is 9.23. The van der Waals surface area contributed by atoms with E-state index in [0.717, 1.165) is 51.7 Å². The fourth-order valence-corrected chi connectivity index (χ4v) is 3.30. The molecule has 27 heavy (non-hydrogen) atoms. The molecule has 1 N–H and O–H groups in total. The number of rotatable bonds is 14. The van der Waals surface area contributed by atoms with E-state index in [0.29, 0.717) is 13.1 Å². The lowest BCUT2D eigenvalue weighted by Crippen LogP contribution is -2.39. The van der Waals surface area contributed by atoms with Crippen LogP contribution in [0.3, 0.4) is 0 Å². The zero-order valence-electron chi connectivity index (χ0n) is 18.1. The summed E-state index contributed by atoms with van der Waals surface area (Å²) in [6, 6.07) is -0.150. The molecule has 1 aliphatic rings. The predicted molar refractivity (Wildman–Crippen MR) is 108 cm³/mol. The van der Waals surface area contributed by atoms with Crippen molar-refractivity contribution in [2.24, 2.45) is 10.8 Å². The molecule has 6 nitrogen and oxygen atoms in total. The molecule has 1 aliphatic heterocycles.